The molecule has 0 radical (unpaired) electrons. The Morgan fingerprint density at radius 1 is 1.15 bits per heavy atom. The van der Waals surface area contributed by atoms with E-state index in [4.69, 9.17) is 4.74 Å². The molecule has 0 spiro atoms. The van der Waals surface area contributed by atoms with Crippen molar-refractivity contribution in [3.05, 3.63) is 60.8 Å². The largest absolute Gasteiger partial charge is 0.497 e. The summed E-state index contributed by atoms with van der Waals surface area (Å²) in [7, 11) is 1.61. The molecule has 0 saturated heterocycles. The van der Waals surface area contributed by atoms with Crippen molar-refractivity contribution in [2.75, 3.05) is 18.2 Å². The van der Waals surface area contributed by atoms with Gasteiger partial charge < -0.3 is 14.6 Å². The number of ether oxygens (including phenoxy) is 1. The van der Waals surface area contributed by atoms with Crippen molar-refractivity contribution in [1.29, 1.82) is 0 Å². The van der Waals surface area contributed by atoms with E-state index in [1.807, 2.05) is 48.7 Å². The first-order valence-corrected chi connectivity index (χ1v) is 9.37. The van der Waals surface area contributed by atoms with Gasteiger partial charge >= 0.3 is 0 Å². The number of imidazole rings is 1. The van der Waals surface area contributed by atoms with Crippen LogP contribution in [0, 0.1) is 0 Å². The molecule has 6 heteroatoms. The normalized spacial score (nSPS) is 10.5. The molecule has 0 fully saturated rings. The van der Waals surface area contributed by atoms with Gasteiger partial charge in [-0.25, -0.2) is 4.98 Å². The zero-order chi connectivity index (χ0) is 18.4. The summed E-state index contributed by atoms with van der Waals surface area (Å²) >= 11 is 1.44. The molecule has 1 aromatic heterocycles. The molecule has 0 unspecified atom stereocenters. The van der Waals surface area contributed by atoms with Crippen molar-refractivity contribution in [2.24, 2.45) is 0 Å². The van der Waals surface area contributed by atoms with Crippen LogP contribution in [0.2, 0.25) is 0 Å². The fraction of sp³-hybridized carbons (Fsp3) is 0.200. The number of aromatic nitrogens is 2. The monoisotopic (exact) mass is 367 g/mol. The van der Waals surface area contributed by atoms with Crippen molar-refractivity contribution in [1.82, 2.24) is 9.55 Å². The summed E-state index contributed by atoms with van der Waals surface area (Å²) in [6.45, 7) is 2.88. The minimum atomic E-state index is -0.0629. The third-order valence-corrected chi connectivity index (χ3v) is 4.90. The number of amides is 1. The summed E-state index contributed by atoms with van der Waals surface area (Å²) in [6.07, 6.45) is 1.86. The third-order valence-electron chi connectivity index (χ3n) is 3.91. The molecule has 0 saturated carbocycles. The fourth-order valence-electron chi connectivity index (χ4n) is 2.62. The van der Waals surface area contributed by atoms with E-state index in [9.17, 15) is 4.79 Å². The first-order valence-electron chi connectivity index (χ1n) is 8.39. The highest BCUT2D eigenvalue weighted by molar-refractivity contribution is 7.99. The number of nitrogens with zero attached hydrogens (tertiary/aromatic N) is 2. The van der Waals surface area contributed by atoms with Gasteiger partial charge in [-0.3, -0.25) is 4.79 Å². The van der Waals surface area contributed by atoms with E-state index in [0.717, 1.165) is 34.4 Å². The maximum atomic E-state index is 12.2. The van der Waals surface area contributed by atoms with Gasteiger partial charge in [0.15, 0.2) is 5.16 Å². The Kier molecular flexibility index (Phi) is 5.96. The molecule has 3 rings (SSSR count). The minimum Gasteiger partial charge on any atom is -0.497 e. The lowest BCUT2D eigenvalue weighted by Crippen LogP contribution is -2.14. The van der Waals surface area contributed by atoms with Gasteiger partial charge in [0.05, 0.1) is 24.8 Å². The predicted octanol–water partition coefficient (Wildman–Crippen LogP) is 4.31. The molecular formula is C20H21N3O2S. The third kappa shape index (κ3) is 4.26. The highest BCUT2D eigenvalue weighted by atomic mass is 32.2. The molecule has 0 aliphatic heterocycles. The Morgan fingerprint density at radius 3 is 2.54 bits per heavy atom. The van der Waals surface area contributed by atoms with Gasteiger partial charge in [0.1, 0.15) is 5.75 Å². The summed E-state index contributed by atoms with van der Waals surface area (Å²) in [6, 6.07) is 17.4. The maximum absolute atomic E-state index is 12.2. The summed E-state index contributed by atoms with van der Waals surface area (Å²) in [4.78, 5) is 16.7. The average Bonchev–Trinajstić information content (AvgIpc) is 3.10. The van der Waals surface area contributed by atoms with Crippen LogP contribution >= 0.6 is 11.8 Å². The number of hydrogen-bond acceptors (Lipinski definition) is 4. The van der Waals surface area contributed by atoms with E-state index in [-0.39, 0.29) is 5.91 Å². The molecule has 26 heavy (non-hydrogen) atoms. The molecule has 0 bridgehead atoms. The Labute approximate surface area is 157 Å². The van der Waals surface area contributed by atoms with Crippen LogP contribution in [0.5, 0.6) is 5.75 Å². The fourth-order valence-corrected chi connectivity index (χ4v) is 3.46. The molecule has 0 aliphatic carbocycles. The van der Waals surface area contributed by atoms with Crippen molar-refractivity contribution >= 4 is 23.4 Å². The van der Waals surface area contributed by atoms with Crippen LogP contribution in [0.15, 0.2) is 66.0 Å². The molecule has 134 valence electrons. The standard InChI is InChI=1S/C20H21N3O2S/c1-3-23-18(15-7-5-4-6-8-15)13-21-20(23)26-14-19(24)22-16-9-11-17(25-2)12-10-16/h4-13H,3,14H2,1-2H3,(H,22,24). The second-order valence-electron chi connectivity index (χ2n) is 5.60. The lowest BCUT2D eigenvalue weighted by molar-refractivity contribution is -0.113. The van der Waals surface area contributed by atoms with E-state index >= 15 is 0 Å². The zero-order valence-electron chi connectivity index (χ0n) is 14.8. The van der Waals surface area contributed by atoms with Gasteiger partial charge in [-0.2, -0.15) is 0 Å². The molecule has 2 aromatic carbocycles. The summed E-state index contributed by atoms with van der Waals surface area (Å²) < 4.78 is 7.24. The van der Waals surface area contributed by atoms with Crippen molar-refractivity contribution in [2.45, 2.75) is 18.6 Å². The number of rotatable bonds is 7. The second-order valence-corrected chi connectivity index (χ2v) is 6.54. The van der Waals surface area contributed by atoms with Crippen LogP contribution in [-0.4, -0.2) is 28.3 Å². The van der Waals surface area contributed by atoms with Crippen LogP contribution in [0.25, 0.3) is 11.3 Å². The average molecular weight is 367 g/mol. The van der Waals surface area contributed by atoms with Crippen LogP contribution in [0.3, 0.4) is 0 Å². The molecule has 1 heterocycles. The van der Waals surface area contributed by atoms with Gasteiger partial charge in [-0.15, -0.1) is 0 Å². The van der Waals surface area contributed by atoms with Crippen molar-refractivity contribution < 1.29 is 9.53 Å². The molecular weight excluding hydrogens is 346 g/mol. The first kappa shape index (κ1) is 18.1. The Balaban J connectivity index is 1.64. The number of methoxy groups -OCH3 is 1. The maximum Gasteiger partial charge on any atom is 0.234 e. The molecule has 0 aliphatic rings. The van der Waals surface area contributed by atoms with E-state index in [2.05, 4.69) is 33.9 Å². The van der Waals surface area contributed by atoms with Crippen LogP contribution in [0.1, 0.15) is 6.92 Å². The Morgan fingerprint density at radius 2 is 1.88 bits per heavy atom. The van der Waals surface area contributed by atoms with Crippen LogP contribution in [-0.2, 0) is 11.3 Å². The van der Waals surface area contributed by atoms with E-state index in [1.165, 1.54) is 11.8 Å². The summed E-state index contributed by atoms with van der Waals surface area (Å²) in [5, 5.41) is 3.73. The number of hydrogen-bond donors (Lipinski definition) is 1. The molecule has 1 N–H and O–H groups in total. The number of benzene rings is 2. The lowest BCUT2D eigenvalue weighted by Gasteiger charge is -2.09. The van der Waals surface area contributed by atoms with E-state index in [0.29, 0.717) is 5.75 Å². The van der Waals surface area contributed by atoms with Gasteiger partial charge in [0.25, 0.3) is 0 Å². The highest BCUT2D eigenvalue weighted by Crippen LogP contribution is 2.26. The van der Waals surface area contributed by atoms with Gasteiger partial charge in [0.2, 0.25) is 5.91 Å². The van der Waals surface area contributed by atoms with Gasteiger partial charge in [-0.1, -0.05) is 42.1 Å². The zero-order valence-corrected chi connectivity index (χ0v) is 15.6. The minimum absolute atomic E-state index is 0.0629. The van der Waals surface area contributed by atoms with Crippen molar-refractivity contribution in [3.8, 4) is 17.0 Å². The van der Waals surface area contributed by atoms with E-state index in [1.54, 1.807) is 7.11 Å². The molecule has 0 atom stereocenters. The molecule has 5 nitrogen and oxygen atoms in total. The highest BCUT2D eigenvalue weighted by Gasteiger charge is 2.12. The topological polar surface area (TPSA) is 56.2 Å². The number of nitrogens with one attached hydrogen (secondary N) is 1. The Hall–Kier alpha value is -2.73. The smallest absolute Gasteiger partial charge is 0.234 e. The second kappa shape index (κ2) is 8.58. The quantitative estimate of drug-likeness (QED) is 0.632. The van der Waals surface area contributed by atoms with Crippen molar-refractivity contribution in [3.63, 3.8) is 0 Å². The SMILES string of the molecule is CCn1c(-c2ccccc2)cnc1SCC(=O)Nc1ccc(OC)cc1. The van der Waals surface area contributed by atoms with Gasteiger partial charge in [-0.05, 0) is 36.8 Å². The lowest BCUT2D eigenvalue weighted by atomic mass is 10.2. The first-order chi connectivity index (χ1) is 12.7. The number of anilines is 1. The number of carbonyl (C=O) groups excluding carboxylic acids is 1. The Bertz CT molecular complexity index is 861. The number of carbonyl (C=O) groups is 1. The summed E-state index contributed by atoms with van der Waals surface area (Å²) in [5.41, 5.74) is 2.93. The predicted molar refractivity (Wildman–Crippen MR) is 106 cm³/mol. The number of thioether (sulfide) groups is 1. The van der Waals surface area contributed by atoms with Crippen LogP contribution < -0.4 is 10.1 Å². The summed E-state index contributed by atoms with van der Waals surface area (Å²) in [5.74, 6) is 1.000. The van der Waals surface area contributed by atoms with Crippen LogP contribution in [0.4, 0.5) is 5.69 Å². The molecule has 3 aromatic rings. The van der Waals surface area contributed by atoms with Gasteiger partial charge in [0, 0.05) is 12.2 Å². The molecule has 1 amide bonds. The van der Waals surface area contributed by atoms with E-state index < -0.39 is 0 Å².